The fourth-order valence-electron chi connectivity index (χ4n) is 1.40. The molecule has 0 bridgehead atoms. The van der Waals surface area contributed by atoms with Gasteiger partial charge in [-0.2, -0.15) is 0 Å². The molecule has 0 heterocycles. The van der Waals surface area contributed by atoms with Gasteiger partial charge in [0.15, 0.2) is 0 Å². The Bertz CT molecular complexity index is 591. The highest BCUT2D eigenvalue weighted by Crippen LogP contribution is 2.31. The van der Waals surface area contributed by atoms with Gasteiger partial charge in [0.25, 0.3) is 0 Å². The SMILES string of the molecule is COC(=O)CN(C)C(=O)Nc1c(Br)cc(Br)cc1C(=O)O. The summed E-state index contributed by atoms with van der Waals surface area (Å²) in [4.78, 5) is 35.4. The number of likely N-dealkylation sites (N-methyl/N-ethyl adjacent to an activating group) is 1. The normalized spacial score (nSPS) is 9.90. The molecule has 1 aromatic rings. The highest BCUT2D eigenvalue weighted by Gasteiger charge is 2.19. The van der Waals surface area contributed by atoms with Crippen LogP contribution in [-0.2, 0) is 9.53 Å². The topological polar surface area (TPSA) is 95.9 Å². The number of nitrogens with zero attached hydrogens (tertiary/aromatic N) is 1. The number of urea groups is 1. The number of hydrogen-bond donors (Lipinski definition) is 2. The molecule has 0 fully saturated rings. The Morgan fingerprint density at radius 1 is 1.33 bits per heavy atom. The Kier molecular flexibility index (Phi) is 6.16. The molecule has 2 amide bonds. The zero-order valence-corrected chi connectivity index (χ0v) is 14.3. The van der Waals surface area contributed by atoms with Gasteiger partial charge in [0, 0.05) is 16.0 Å². The molecule has 1 rings (SSSR count). The van der Waals surface area contributed by atoms with Crippen molar-refractivity contribution in [1.29, 1.82) is 0 Å². The molecule has 0 saturated heterocycles. The molecule has 0 radical (unpaired) electrons. The van der Waals surface area contributed by atoms with E-state index in [0.717, 1.165) is 4.90 Å². The van der Waals surface area contributed by atoms with Gasteiger partial charge in [0.1, 0.15) is 6.54 Å². The van der Waals surface area contributed by atoms with Gasteiger partial charge in [-0.3, -0.25) is 4.79 Å². The van der Waals surface area contributed by atoms with Gasteiger partial charge in [0.05, 0.1) is 18.4 Å². The highest BCUT2D eigenvalue weighted by atomic mass is 79.9. The third-order valence-corrected chi connectivity index (χ3v) is 3.54. The molecule has 0 atom stereocenters. The van der Waals surface area contributed by atoms with Crippen molar-refractivity contribution in [3.8, 4) is 0 Å². The van der Waals surface area contributed by atoms with Crippen LogP contribution in [0.4, 0.5) is 10.5 Å². The number of nitrogens with one attached hydrogen (secondary N) is 1. The molecule has 0 saturated carbocycles. The van der Waals surface area contributed by atoms with Gasteiger partial charge >= 0.3 is 18.0 Å². The van der Waals surface area contributed by atoms with Gasteiger partial charge in [-0.25, -0.2) is 9.59 Å². The number of ether oxygens (including phenoxy) is 1. The molecule has 0 unspecified atom stereocenters. The Hall–Kier alpha value is -1.61. The van der Waals surface area contributed by atoms with Gasteiger partial charge < -0.3 is 20.1 Å². The maximum absolute atomic E-state index is 12.0. The predicted molar refractivity (Wildman–Crippen MR) is 82.5 cm³/mol. The van der Waals surface area contributed by atoms with E-state index in [9.17, 15) is 14.4 Å². The Morgan fingerprint density at radius 3 is 2.48 bits per heavy atom. The number of amides is 2. The summed E-state index contributed by atoms with van der Waals surface area (Å²) in [6.07, 6.45) is 0. The van der Waals surface area contributed by atoms with Crippen LogP contribution in [0.5, 0.6) is 0 Å². The lowest BCUT2D eigenvalue weighted by Crippen LogP contribution is -2.36. The first-order chi connectivity index (χ1) is 9.76. The van der Waals surface area contributed by atoms with Crippen molar-refractivity contribution in [2.45, 2.75) is 0 Å². The quantitative estimate of drug-likeness (QED) is 0.725. The fraction of sp³-hybridized carbons (Fsp3) is 0.250. The van der Waals surface area contributed by atoms with Crippen LogP contribution in [0.25, 0.3) is 0 Å². The van der Waals surface area contributed by atoms with Crippen molar-refractivity contribution >= 4 is 55.5 Å². The van der Waals surface area contributed by atoms with Gasteiger partial charge in [-0.15, -0.1) is 0 Å². The second-order valence-electron chi connectivity index (χ2n) is 3.98. The van der Waals surface area contributed by atoms with Crippen molar-refractivity contribution in [3.05, 3.63) is 26.6 Å². The summed E-state index contributed by atoms with van der Waals surface area (Å²) in [7, 11) is 2.60. The van der Waals surface area contributed by atoms with Crippen LogP contribution in [0.2, 0.25) is 0 Å². The van der Waals surface area contributed by atoms with Crippen molar-refractivity contribution in [2.24, 2.45) is 0 Å². The minimum Gasteiger partial charge on any atom is -0.478 e. The van der Waals surface area contributed by atoms with Crippen molar-refractivity contribution in [2.75, 3.05) is 26.0 Å². The smallest absolute Gasteiger partial charge is 0.337 e. The summed E-state index contributed by atoms with van der Waals surface area (Å²) >= 11 is 6.37. The largest absolute Gasteiger partial charge is 0.478 e. The van der Waals surface area contributed by atoms with Crippen LogP contribution in [0.1, 0.15) is 10.4 Å². The molecular weight excluding hydrogens is 412 g/mol. The molecule has 0 aliphatic carbocycles. The van der Waals surface area contributed by atoms with Crippen LogP contribution in [0.3, 0.4) is 0 Å². The summed E-state index contributed by atoms with van der Waals surface area (Å²) in [6.45, 7) is -0.251. The lowest BCUT2D eigenvalue weighted by Gasteiger charge is -2.18. The molecule has 0 aromatic heterocycles. The molecule has 114 valence electrons. The molecule has 0 spiro atoms. The van der Waals surface area contributed by atoms with E-state index in [4.69, 9.17) is 5.11 Å². The number of halogens is 2. The Labute approximate surface area is 137 Å². The molecule has 2 N–H and O–H groups in total. The van der Waals surface area contributed by atoms with Crippen molar-refractivity contribution in [3.63, 3.8) is 0 Å². The third kappa shape index (κ3) is 4.71. The van der Waals surface area contributed by atoms with Crippen LogP contribution < -0.4 is 5.32 Å². The molecule has 1 aromatic carbocycles. The summed E-state index contributed by atoms with van der Waals surface area (Å²) in [5, 5.41) is 11.6. The number of benzene rings is 1. The predicted octanol–water partition coefficient (Wildman–Crippen LogP) is 2.55. The number of methoxy groups -OCH3 is 1. The van der Waals surface area contributed by atoms with E-state index in [1.165, 1.54) is 20.2 Å². The first-order valence-electron chi connectivity index (χ1n) is 5.57. The molecule has 9 heteroatoms. The second kappa shape index (κ2) is 7.41. The van der Waals surface area contributed by atoms with Crippen LogP contribution >= 0.6 is 31.9 Å². The number of carboxylic acids is 1. The maximum Gasteiger partial charge on any atom is 0.337 e. The monoisotopic (exact) mass is 422 g/mol. The number of carboxylic acid groups (broad SMARTS) is 1. The van der Waals surface area contributed by atoms with Gasteiger partial charge in [-0.05, 0) is 28.1 Å². The summed E-state index contributed by atoms with van der Waals surface area (Å²) < 4.78 is 5.40. The highest BCUT2D eigenvalue weighted by molar-refractivity contribution is 9.11. The number of rotatable bonds is 4. The van der Waals surface area contributed by atoms with E-state index in [-0.39, 0.29) is 17.8 Å². The van der Waals surface area contributed by atoms with E-state index in [1.54, 1.807) is 6.07 Å². The van der Waals surface area contributed by atoms with Crippen LogP contribution in [0.15, 0.2) is 21.1 Å². The van der Waals surface area contributed by atoms with E-state index < -0.39 is 18.0 Å². The number of hydrogen-bond acceptors (Lipinski definition) is 4. The van der Waals surface area contributed by atoms with E-state index >= 15 is 0 Å². The molecular formula is C12H12Br2N2O5. The number of anilines is 1. The minimum atomic E-state index is -1.19. The Morgan fingerprint density at radius 2 is 1.95 bits per heavy atom. The number of carbonyl (C=O) groups excluding carboxylic acids is 2. The Balaban J connectivity index is 2.99. The first-order valence-corrected chi connectivity index (χ1v) is 7.16. The standard InChI is InChI=1S/C12H12Br2N2O5/c1-16(5-9(17)21-2)12(20)15-10-7(11(18)19)3-6(13)4-8(10)14/h3-4H,5H2,1-2H3,(H,15,20)(H,18,19). The number of carbonyl (C=O) groups is 3. The molecule has 7 nitrogen and oxygen atoms in total. The van der Waals surface area contributed by atoms with Crippen LogP contribution in [-0.4, -0.2) is 48.7 Å². The average Bonchev–Trinajstić information content (AvgIpc) is 2.40. The van der Waals surface area contributed by atoms with E-state index in [1.807, 2.05) is 0 Å². The fourth-order valence-corrected chi connectivity index (χ4v) is 2.73. The zero-order chi connectivity index (χ0) is 16.2. The molecule has 21 heavy (non-hydrogen) atoms. The summed E-state index contributed by atoms with van der Waals surface area (Å²) in [6, 6.07) is 2.33. The zero-order valence-electron chi connectivity index (χ0n) is 11.1. The van der Waals surface area contributed by atoms with Crippen molar-refractivity contribution < 1.29 is 24.2 Å². The lowest BCUT2D eigenvalue weighted by molar-refractivity contribution is -0.140. The average molecular weight is 424 g/mol. The second-order valence-corrected chi connectivity index (χ2v) is 5.75. The first kappa shape index (κ1) is 17.4. The summed E-state index contributed by atoms with van der Waals surface area (Å²) in [5.74, 6) is -1.77. The minimum absolute atomic E-state index is 0.0870. The lowest BCUT2D eigenvalue weighted by atomic mass is 10.2. The maximum atomic E-state index is 12.0. The third-order valence-electron chi connectivity index (χ3n) is 2.46. The number of aromatic carboxylic acids is 1. The van der Waals surface area contributed by atoms with Gasteiger partial charge in [-0.1, -0.05) is 15.9 Å². The molecule has 0 aliphatic heterocycles. The number of esters is 1. The molecule has 0 aliphatic rings. The van der Waals surface area contributed by atoms with E-state index in [0.29, 0.717) is 8.95 Å². The summed E-state index contributed by atoms with van der Waals surface area (Å²) in [5.41, 5.74) is 0.0171. The van der Waals surface area contributed by atoms with Crippen molar-refractivity contribution in [1.82, 2.24) is 4.90 Å². The van der Waals surface area contributed by atoms with Gasteiger partial charge in [0.2, 0.25) is 0 Å². The van der Waals surface area contributed by atoms with E-state index in [2.05, 4.69) is 41.9 Å². The van der Waals surface area contributed by atoms with Crippen LogP contribution in [0, 0.1) is 0 Å².